The van der Waals surface area contributed by atoms with Crippen molar-refractivity contribution in [3.8, 4) is 0 Å². The largest absolute Gasteiger partial charge is 0.480 e. The van der Waals surface area contributed by atoms with Gasteiger partial charge in [-0.15, -0.1) is 0 Å². The van der Waals surface area contributed by atoms with Gasteiger partial charge in [-0.1, -0.05) is 30.7 Å². The Morgan fingerprint density at radius 2 is 2.03 bits per heavy atom. The summed E-state index contributed by atoms with van der Waals surface area (Å²) in [7, 11) is 0. The molecule has 1 aromatic heterocycles. The van der Waals surface area contributed by atoms with E-state index in [2.05, 4.69) is 28.4 Å². The molecule has 34 heavy (non-hydrogen) atoms. The van der Waals surface area contributed by atoms with E-state index < -0.39 is 12.0 Å². The third kappa shape index (κ3) is 5.28. The molecule has 1 saturated carbocycles. The summed E-state index contributed by atoms with van der Waals surface area (Å²) in [4.78, 5) is 19.2. The summed E-state index contributed by atoms with van der Waals surface area (Å²) in [5, 5.41) is 13.5. The van der Waals surface area contributed by atoms with Crippen molar-refractivity contribution in [1.82, 2.24) is 9.88 Å². The van der Waals surface area contributed by atoms with Crippen molar-refractivity contribution in [2.45, 2.75) is 75.9 Å². The SMILES string of the molecule is O=C(O)C(c1ccccc1C1CCC1)N1CC[C@@H](OCCCCc2ccc3c(n2)CCCN3)C1. The van der Waals surface area contributed by atoms with E-state index in [0.717, 1.165) is 63.8 Å². The van der Waals surface area contributed by atoms with E-state index in [1.807, 2.05) is 18.2 Å². The molecule has 0 radical (unpaired) electrons. The second-order valence-corrected chi connectivity index (χ2v) is 10.1. The van der Waals surface area contributed by atoms with Crippen molar-refractivity contribution < 1.29 is 14.6 Å². The molecule has 3 aliphatic rings. The predicted octanol–water partition coefficient (Wildman–Crippen LogP) is 4.95. The van der Waals surface area contributed by atoms with E-state index in [4.69, 9.17) is 9.72 Å². The van der Waals surface area contributed by atoms with E-state index in [1.54, 1.807) is 0 Å². The van der Waals surface area contributed by atoms with Crippen LogP contribution in [-0.4, -0.2) is 53.3 Å². The van der Waals surface area contributed by atoms with Crippen molar-refractivity contribution in [2.75, 3.05) is 31.6 Å². The molecular weight excluding hydrogens is 426 g/mol. The summed E-state index contributed by atoms with van der Waals surface area (Å²) in [5.74, 6) is -0.228. The number of carboxylic acids is 1. The topological polar surface area (TPSA) is 74.7 Å². The van der Waals surface area contributed by atoms with E-state index in [-0.39, 0.29) is 6.10 Å². The molecule has 2 aliphatic heterocycles. The van der Waals surface area contributed by atoms with Crippen LogP contribution in [0.1, 0.15) is 79.4 Å². The van der Waals surface area contributed by atoms with Gasteiger partial charge in [-0.2, -0.15) is 0 Å². The number of fused-ring (bicyclic) bond motifs is 1. The Morgan fingerprint density at radius 1 is 1.15 bits per heavy atom. The average molecular weight is 464 g/mol. The molecule has 0 spiro atoms. The molecule has 2 atom stereocenters. The summed E-state index contributed by atoms with van der Waals surface area (Å²) < 4.78 is 6.17. The number of rotatable bonds is 10. The van der Waals surface area contributed by atoms with Crippen LogP contribution >= 0.6 is 0 Å². The fourth-order valence-electron chi connectivity index (χ4n) is 5.64. The third-order valence-corrected chi connectivity index (χ3v) is 7.73. The fraction of sp³-hybridized carbons (Fsp3) is 0.571. The number of carboxylic acid groups (broad SMARTS) is 1. The Kier molecular flexibility index (Phi) is 7.45. The first-order valence-electron chi connectivity index (χ1n) is 13.1. The van der Waals surface area contributed by atoms with E-state index in [0.29, 0.717) is 12.5 Å². The van der Waals surface area contributed by atoms with Gasteiger partial charge < -0.3 is 15.2 Å². The summed E-state index contributed by atoms with van der Waals surface area (Å²) in [6.07, 6.45) is 9.87. The monoisotopic (exact) mass is 463 g/mol. The van der Waals surface area contributed by atoms with Crippen molar-refractivity contribution >= 4 is 11.7 Å². The number of unbranched alkanes of at least 4 members (excludes halogenated alkanes) is 1. The van der Waals surface area contributed by atoms with Crippen LogP contribution in [0.4, 0.5) is 5.69 Å². The third-order valence-electron chi connectivity index (χ3n) is 7.73. The van der Waals surface area contributed by atoms with E-state index in [1.165, 1.54) is 41.9 Å². The minimum atomic E-state index is -0.750. The van der Waals surface area contributed by atoms with Crippen LogP contribution in [0.3, 0.4) is 0 Å². The van der Waals surface area contributed by atoms with Crippen LogP contribution in [-0.2, 0) is 22.4 Å². The first-order chi connectivity index (χ1) is 16.7. The van der Waals surface area contributed by atoms with Crippen LogP contribution in [0, 0.1) is 0 Å². The lowest BCUT2D eigenvalue weighted by molar-refractivity contribution is -0.143. The van der Waals surface area contributed by atoms with E-state index in [9.17, 15) is 9.90 Å². The van der Waals surface area contributed by atoms with Gasteiger partial charge in [0.05, 0.1) is 17.5 Å². The first kappa shape index (κ1) is 23.3. The van der Waals surface area contributed by atoms with Crippen molar-refractivity contribution in [2.24, 2.45) is 0 Å². The van der Waals surface area contributed by atoms with Gasteiger partial charge in [0.15, 0.2) is 0 Å². The number of aliphatic carboxylic acids is 1. The van der Waals surface area contributed by atoms with Crippen LogP contribution in [0.2, 0.25) is 0 Å². The number of hydrogen-bond donors (Lipinski definition) is 2. The molecule has 182 valence electrons. The summed E-state index contributed by atoms with van der Waals surface area (Å²) in [6.45, 7) is 3.23. The smallest absolute Gasteiger partial charge is 0.325 e. The van der Waals surface area contributed by atoms with Crippen LogP contribution < -0.4 is 5.32 Å². The second kappa shape index (κ2) is 10.9. The number of carbonyl (C=O) groups is 1. The Balaban J connectivity index is 1.09. The average Bonchev–Trinajstić information content (AvgIpc) is 3.27. The lowest BCUT2D eigenvalue weighted by atomic mass is 9.77. The van der Waals surface area contributed by atoms with Crippen LogP contribution in [0.25, 0.3) is 0 Å². The highest BCUT2D eigenvalue weighted by atomic mass is 16.5. The molecule has 3 heterocycles. The number of likely N-dealkylation sites (tertiary alicyclic amines) is 1. The van der Waals surface area contributed by atoms with Gasteiger partial charge in [0, 0.05) is 31.9 Å². The van der Waals surface area contributed by atoms with Crippen molar-refractivity contribution in [3.05, 3.63) is 58.9 Å². The van der Waals surface area contributed by atoms with Crippen LogP contribution in [0.5, 0.6) is 0 Å². The molecule has 0 bridgehead atoms. The highest BCUT2D eigenvalue weighted by Crippen LogP contribution is 2.41. The second-order valence-electron chi connectivity index (χ2n) is 10.1. The van der Waals surface area contributed by atoms with Gasteiger partial charge in [-0.3, -0.25) is 14.7 Å². The minimum Gasteiger partial charge on any atom is -0.480 e. The maximum Gasteiger partial charge on any atom is 0.325 e. The zero-order valence-electron chi connectivity index (χ0n) is 20.0. The number of anilines is 1. The molecule has 1 unspecified atom stereocenters. The number of aromatic nitrogens is 1. The maximum atomic E-state index is 12.3. The molecule has 0 amide bonds. The van der Waals surface area contributed by atoms with Crippen molar-refractivity contribution in [3.63, 3.8) is 0 Å². The van der Waals surface area contributed by atoms with Gasteiger partial charge in [0.2, 0.25) is 0 Å². The Morgan fingerprint density at radius 3 is 2.85 bits per heavy atom. The maximum absolute atomic E-state index is 12.3. The van der Waals surface area contributed by atoms with Gasteiger partial charge in [-0.05, 0) is 80.5 Å². The van der Waals surface area contributed by atoms with Gasteiger partial charge in [0.25, 0.3) is 0 Å². The quantitative estimate of drug-likeness (QED) is 0.486. The molecule has 2 aromatic rings. The van der Waals surface area contributed by atoms with Gasteiger partial charge >= 0.3 is 5.97 Å². The number of nitrogens with one attached hydrogen (secondary N) is 1. The normalized spacial score (nSPS) is 21.5. The molecule has 1 aromatic carbocycles. The van der Waals surface area contributed by atoms with E-state index >= 15 is 0 Å². The fourth-order valence-corrected chi connectivity index (χ4v) is 5.64. The number of aryl methyl sites for hydroxylation is 2. The number of nitrogens with zero attached hydrogens (tertiary/aromatic N) is 2. The number of pyridine rings is 1. The van der Waals surface area contributed by atoms with Gasteiger partial charge in [-0.25, -0.2) is 0 Å². The molecule has 5 rings (SSSR count). The molecule has 6 heteroatoms. The molecule has 1 aliphatic carbocycles. The zero-order chi connectivity index (χ0) is 23.3. The number of benzene rings is 1. The highest BCUT2D eigenvalue weighted by molar-refractivity contribution is 5.76. The summed E-state index contributed by atoms with van der Waals surface area (Å²) in [6, 6.07) is 11.9. The lowest BCUT2D eigenvalue weighted by Gasteiger charge is -2.32. The lowest BCUT2D eigenvalue weighted by Crippen LogP contribution is -2.34. The minimum absolute atomic E-state index is 0.116. The molecule has 2 fully saturated rings. The summed E-state index contributed by atoms with van der Waals surface area (Å²) >= 11 is 0. The Hall–Kier alpha value is -2.44. The Labute approximate surface area is 202 Å². The summed E-state index contributed by atoms with van der Waals surface area (Å²) in [5.41, 5.74) is 5.78. The standard InChI is InChI=1S/C28H37N3O3/c32-28(33)27(24-11-2-1-10-23(24)20-7-5-8-20)31-17-15-22(19-31)34-18-4-3-9-21-13-14-25-26(30-21)12-6-16-29-25/h1-2,10-11,13-14,20,22,27,29H,3-9,12,15-19H2,(H,32,33)/t22-,27?/m1/s1. The highest BCUT2D eigenvalue weighted by Gasteiger charge is 2.36. The molecule has 1 saturated heterocycles. The number of ether oxygens (including phenoxy) is 1. The number of hydrogen-bond acceptors (Lipinski definition) is 5. The Bertz CT molecular complexity index is 991. The predicted molar refractivity (Wildman–Crippen MR) is 133 cm³/mol. The molecular formula is C28H37N3O3. The zero-order valence-corrected chi connectivity index (χ0v) is 20.0. The van der Waals surface area contributed by atoms with Crippen LogP contribution in [0.15, 0.2) is 36.4 Å². The van der Waals surface area contributed by atoms with Gasteiger partial charge in [0.1, 0.15) is 6.04 Å². The van der Waals surface area contributed by atoms with Crippen molar-refractivity contribution in [1.29, 1.82) is 0 Å². The first-order valence-corrected chi connectivity index (χ1v) is 13.1. The molecule has 2 N–H and O–H groups in total. The molecule has 6 nitrogen and oxygen atoms in total.